The van der Waals surface area contributed by atoms with Gasteiger partial charge in [-0.15, -0.1) is 0 Å². The van der Waals surface area contributed by atoms with Crippen LogP contribution in [0.15, 0.2) is 23.8 Å². The van der Waals surface area contributed by atoms with Gasteiger partial charge in [-0.3, -0.25) is 0 Å². The van der Waals surface area contributed by atoms with Crippen molar-refractivity contribution in [2.75, 3.05) is 7.11 Å². The molecule has 1 aliphatic carbocycles. The standard InChI is InChI=1S/C16H26O2/c1-12(11-15(17)18-5)8-9-14-13(2)7-6-10-16(14,3)4/h8-9,11,13-14H,6-7,10H2,1-5H3/b9-8+,12-11+/t13-,14+/m0/s1. The minimum atomic E-state index is -0.284. The normalized spacial score (nSPS) is 28.4. The zero-order chi connectivity index (χ0) is 13.8. The van der Waals surface area contributed by atoms with Crippen LogP contribution in [-0.2, 0) is 9.53 Å². The average Bonchev–Trinajstić information content (AvgIpc) is 2.27. The predicted molar refractivity (Wildman–Crippen MR) is 75.2 cm³/mol. The van der Waals surface area contributed by atoms with Crippen LogP contribution in [-0.4, -0.2) is 13.1 Å². The molecule has 1 aliphatic rings. The largest absolute Gasteiger partial charge is 0.466 e. The summed E-state index contributed by atoms with van der Waals surface area (Å²) < 4.78 is 4.63. The van der Waals surface area contributed by atoms with E-state index < -0.39 is 0 Å². The summed E-state index contributed by atoms with van der Waals surface area (Å²) >= 11 is 0. The Labute approximate surface area is 111 Å². The highest BCUT2D eigenvalue weighted by molar-refractivity contribution is 5.83. The van der Waals surface area contributed by atoms with Crippen molar-refractivity contribution in [2.24, 2.45) is 17.3 Å². The molecule has 0 unspecified atom stereocenters. The van der Waals surface area contributed by atoms with Crippen LogP contribution >= 0.6 is 0 Å². The first kappa shape index (κ1) is 15.0. The maximum Gasteiger partial charge on any atom is 0.330 e. The van der Waals surface area contributed by atoms with Gasteiger partial charge in [0.2, 0.25) is 0 Å². The average molecular weight is 250 g/mol. The quantitative estimate of drug-likeness (QED) is 0.428. The van der Waals surface area contributed by atoms with Crippen LogP contribution in [0.1, 0.15) is 47.0 Å². The molecular weight excluding hydrogens is 224 g/mol. The van der Waals surface area contributed by atoms with Crippen molar-refractivity contribution in [1.82, 2.24) is 0 Å². The second kappa shape index (κ2) is 6.21. The molecule has 0 radical (unpaired) electrons. The van der Waals surface area contributed by atoms with Crippen molar-refractivity contribution < 1.29 is 9.53 Å². The summed E-state index contributed by atoms with van der Waals surface area (Å²) in [6.07, 6.45) is 9.79. The minimum Gasteiger partial charge on any atom is -0.466 e. The molecule has 0 aromatic carbocycles. The minimum absolute atomic E-state index is 0.284. The fourth-order valence-corrected chi connectivity index (χ4v) is 2.99. The Morgan fingerprint density at radius 3 is 2.61 bits per heavy atom. The van der Waals surface area contributed by atoms with E-state index in [2.05, 4.69) is 37.7 Å². The van der Waals surface area contributed by atoms with E-state index in [1.165, 1.54) is 32.4 Å². The molecule has 0 aliphatic heterocycles. The lowest BCUT2D eigenvalue weighted by Gasteiger charge is -2.41. The topological polar surface area (TPSA) is 26.3 Å². The zero-order valence-corrected chi connectivity index (χ0v) is 12.3. The van der Waals surface area contributed by atoms with Gasteiger partial charge in [-0.2, -0.15) is 0 Å². The molecule has 18 heavy (non-hydrogen) atoms. The second-order valence-electron chi connectivity index (χ2n) is 6.15. The summed E-state index contributed by atoms with van der Waals surface area (Å²) in [7, 11) is 1.40. The van der Waals surface area contributed by atoms with E-state index in [9.17, 15) is 4.79 Å². The summed E-state index contributed by atoms with van der Waals surface area (Å²) in [6, 6.07) is 0. The van der Waals surface area contributed by atoms with E-state index in [1.54, 1.807) is 0 Å². The Balaban J connectivity index is 2.75. The van der Waals surface area contributed by atoms with Gasteiger partial charge in [0.15, 0.2) is 0 Å². The lowest BCUT2D eigenvalue weighted by molar-refractivity contribution is -0.134. The molecule has 0 aromatic heterocycles. The number of carbonyl (C=O) groups excluding carboxylic acids is 1. The first-order valence-electron chi connectivity index (χ1n) is 6.81. The number of carbonyl (C=O) groups is 1. The SMILES string of the molecule is COC(=O)/C=C(C)/C=C/[C@@H]1[C@@H](C)CCCC1(C)C. The molecule has 0 amide bonds. The van der Waals surface area contributed by atoms with E-state index in [0.717, 1.165) is 11.5 Å². The number of rotatable bonds is 3. The molecule has 0 heterocycles. The third-order valence-electron chi connectivity index (χ3n) is 4.11. The molecular formula is C16H26O2. The summed E-state index contributed by atoms with van der Waals surface area (Å²) in [5.41, 5.74) is 1.31. The molecule has 2 heteroatoms. The van der Waals surface area contributed by atoms with Crippen LogP contribution in [0, 0.1) is 17.3 Å². The molecule has 0 saturated heterocycles. The van der Waals surface area contributed by atoms with Crippen molar-refractivity contribution in [3.63, 3.8) is 0 Å². The van der Waals surface area contributed by atoms with Crippen LogP contribution in [0.2, 0.25) is 0 Å². The molecule has 2 atom stereocenters. The summed E-state index contributed by atoms with van der Waals surface area (Å²) in [5, 5.41) is 0. The Bertz CT molecular complexity index is 350. The zero-order valence-electron chi connectivity index (χ0n) is 12.3. The maximum atomic E-state index is 11.1. The number of esters is 1. The highest BCUT2D eigenvalue weighted by Crippen LogP contribution is 2.44. The van der Waals surface area contributed by atoms with Crippen LogP contribution < -0.4 is 0 Å². The molecule has 0 aromatic rings. The Morgan fingerprint density at radius 2 is 2.06 bits per heavy atom. The van der Waals surface area contributed by atoms with Gasteiger partial charge in [0.05, 0.1) is 7.11 Å². The molecule has 0 spiro atoms. The van der Waals surface area contributed by atoms with Gasteiger partial charge in [-0.1, -0.05) is 45.8 Å². The van der Waals surface area contributed by atoms with Crippen molar-refractivity contribution in [1.29, 1.82) is 0 Å². The van der Waals surface area contributed by atoms with Crippen LogP contribution in [0.4, 0.5) is 0 Å². The van der Waals surface area contributed by atoms with Gasteiger partial charge < -0.3 is 4.74 Å². The van der Waals surface area contributed by atoms with E-state index in [4.69, 9.17) is 0 Å². The Morgan fingerprint density at radius 1 is 1.39 bits per heavy atom. The van der Waals surface area contributed by atoms with Crippen molar-refractivity contribution >= 4 is 5.97 Å². The molecule has 1 saturated carbocycles. The lowest BCUT2D eigenvalue weighted by Crippen LogP contribution is -2.32. The molecule has 102 valence electrons. The molecule has 1 rings (SSSR count). The van der Waals surface area contributed by atoms with Gasteiger partial charge in [0.25, 0.3) is 0 Å². The number of allylic oxidation sites excluding steroid dienone is 3. The first-order valence-corrected chi connectivity index (χ1v) is 6.81. The van der Waals surface area contributed by atoms with E-state index in [0.29, 0.717) is 11.3 Å². The first-order chi connectivity index (χ1) is 8.36. The lowest BCUT2D eigenvalue weighted by atomic mass is 9.64. The van der Waals surface area contributed by atoms with Gasteiger partial charge in [-0.05, 0) is 36.2 Å². The fraction of sp³-hybridized carbons (Fsp3) is 0.688. The van der Waals surface area contributed by atoms with Crippen molar-refractivity contribution in [3.8, 4) is 0 Å². The van der Waals surface area contributed by atoms with Gasteiger partial charge in [-0.25, -0.2) is 4.79 Å². The van der Waals surface area contributed by atoms with Crippen molar-refractivity contribution in [3.05, 3.63) is 23.8 Å². The van der Waals surface area contributed by atoms with Gasteiger partial charge >= 0.3 is 5.97 Å². The van der Waals surface area contributed by atoms with Crippen LogP contribution in [0.5, 0.6) is 0 Å². The fourth-order valence-electron chi connectivity index (χ4n) is 2.99. The summed E-state index contributed by atoms with van der Waals surface area (Å²) in [4.78, 5) is 11.1. The second-order valence-corrected chi connectivity index (χ2v) is 6.15. The van der Waals surface area contributed by atoms with Gasteiger partial charge in [0, 0.05) is 6.08 Å². The van der Waals surface area contributed by atoms with Crippen LogP contribution in [0.25, 0.3) is 0 Å². The molecule has 2 nitrogen and oxygen atoms in total. The molecule has 1 fully saturated rings. The Hall–Kier alpha value is -1.05. The van der Waals surface area contributed by atoms with E-state index in [-0.39, 0.29) is 5.97 Å². The number of hydrogen-bond donors (Lipinski definition) is 0. The third kappa shape index (κ3) is 4.01. The van der Waals surface area contributed by atoms with Crippen molar-refractivity contribution in [2.45, 2.75) is 47.0 Å². The predicted octanol–water partition coefficient (Wildman–Crippen LogP) is 4.12. The van der Waals surface area contributed by atoms with Crippen LogP contribution in [0.3, 0.4) is 0 Å². The summed E-state index contributed by atoms with van der Waals surface area (Å²) in [6.45, 7) is 8.96. The van der Waals surface area contributed by atoms with E-state index in [1.807, 2.05) is 6.92 Å². The number of methoxy groups -OCH3 is 1. The monoisotopic (exact) mass is 250 g/mol. The maximum absolute atomic E-state index is 11.1. The third-order valence-corrected chi connectivity index (χ3v) is 4.11. The summed E-state index contributed by atoms with van der Waals surface area (Å²) in [5.74, 6) is 1.02. The molecule has 0 bridgehead atoms. The Kier molecular flexibility index (Phi) is 5.18. The highest BCUT2D eigenvalue weighted by Gasteiger charge is 2.34. The molecule has 0 N–H and O–H groups in total. The van der Waals surface area contributed by atoms with Gasteiger partial charge in [0.1, 0.15) is 0 Å². The smallest absolute Gasteiger partial charge is 0.330 e. The highest BCUT2D eigenvalue weighted by atomic mass is 16.5. The number of hydrogen-bond acceptors (Lipinski definition) is 2. The van der Waals surface area contributed by atoms with E-state index >= 15 is 0 Å². The number of ether oxygens (including phenoxy) is 1.